The van der Waals surface area contributed by atoms with E-state index in [-0.39, 0.29) is 6.42 Å². The molecule has 0 bridgehead atoms. The Labute approximate surface area is 174 Å². The van der Waals surface area contributed by atoms with Crippen LogP contribution in [-0.2, 0) is 24.0 Å². The number of carboxylic acid groups (broad SMARTS) is 1. The third-order valence-corrected chi connectivity index (χ3v) is 4.13. The summed E-state index contributed by atoms with van der Waals surface area (Å²) in [6, 6.07) is -5.11. The topological polar surface area (TPSA) is 240 Å². The van der Waals surface area contributed by atoms with E-state index in [0.29, 0.717) is 19.4 Å². The van der Waals surface area contributed by atoms with Crippen LogP contribution in [0.15, 0.2) is 0 Å². The van der Waals surface area contributed by atoms with Crippen LogP contribution in [0.1, 0.15) is 39.5 Å². The molecular formula is C17H32N6O7. The van der Waals surface area contributed by atoms with E-state index in [4.69, 9.17) is 22.3 Å². The van der Waals surface area contributed by atoms with Gasteiger partial charge in [-0.2, -0.15) is 0 Å². The first-order chi connectivity index (χ1) is 13.9. The molecule has 5 unspecified atom stereocenters. The number of carbonyl (C=O) groups is 5. The van der Waals surface area contributed by atoms with Gasteiger partial charge in [-0.15, -0.1) is 0 Å². The normalized spacial score (nSPS) is 15.8. The zero-order chi connectivity index (χ0) is 23.4. The Morgan fingerprint density at radius 2 is 1.53 bits per heavy atom. The molecule has 0 saturated heterocycles. The molecule has 0 rings (SSSR count). The van der Waals surface area contributed by atoms with Crippen LogP contribution in [0, 0.1) is 0 Å². The first-order valence-electron chi connectivity index (χ1n) is 9.46. The van der Waals surface area contributed by atoms with Crippen LogP contribution in [0.5, 0.6) is 0 Å². The van der Waals surface area contributed by atoms with E-state index < -0.39 is 66.3 Å². The number of rotatable bonds is 14. The molecule has 11 N–H and O–H groups in total. The second kappa shape index (κ2) is 13.5. The molecule has 4 amide bonds. The number of aliphatic carboxylic acids is 1. The van der Waals surface area contributed by atoms with E-state index in [9.17, 15) is 29.1 Å². The predicted molar refractivity (Wildman–Crippen MR) is 105 cm³/mol. The Balaban J connectivity index is 5.27. The van der Waals surface area contributed by atoms with Gasteiger partial charge in [-0.3, -0.25) is 24.0 Å². The van der Waals surface area contributed by atoms with E-state index in [1.807, 2.05) is 0 Å². The average molecular weight is 432 g/mol. The van der Waals surface area contributed by atoms with Gasteiger partial charge in [0.15, 0.2) is 0 Å². The lowest BCUT2D eigenvalue weighted by atomic mass is 10.1. The maximum absolute atomic E-state index is 12.6. The summed E-state index contributed by atoms with van der Waals surface area (Å²) in [5, 5.41) is 25.7. The van der Waals surface area contributed by atoms with Crippen molar-refractivity contribution in [2.75, 3.05) is 6.54 Å². The number of amides is 4. The molecule has 0 radical (unpaired) electrons. The molecule has 13 heteroatoms. The number of carbonyl (C=O) groups excluding carboxylic acids is 4. The number of primary amides is 1. The van der Waals surface area contributed by atoms with Crippen LogP contribution in [0.4, 0.5) is 0 Å². The van der Waals surface area contributed by atoms with E-state index in [2.05, 4.69) is 16.0 Å². The number of hydrogen-bond donors (Lipinski definition) is 8. The molecule has 13 nitrogen and oxygen atoms in total. The van der Waals surface area contributed by atoms with Crippen molar-refractivity contribution >= 4 is 29.6 Å². The maximum atomic E-state index is 12.6. The number of hydrogen-bond acceptors (Lipinski definition) is 8. The summed E-state index contributed by atoms with van der Waals surface area (Å²) in [5.41, 5.74) is 15.9. The lowest BCUT2D eigenvalue weighted by molar-refractivity contribution is -0.142. The van der Waals surface area contributed by atoms with Crippen LogP contribution in [0.25, 0.3) is 0 Å². The summed E-state index contributed by atoms with van der Waals surface area (Å²) in [5.74, 6) is -4.59. The molecule has 5 atom stereocenters. The number of nitrogens with one attached hydrogen (secondary N) is 3. The number of unbranched alkanes of at least 4 members (excludes halogenated alkanes) is 1. The molecule has 0 saturated carbocycles. The highest BCUT2D eigenvalue weighted by molar-refractivity contribution is 5.95. The highest BCUT2D eigenvalue weighted by Gasteiger charge is 2.31. The number of aliphatic hydroxyl groups excluding tert-OH is 1. The Morgan fingerprint density at radius 3 is 2.00 bits per heavy atom. The summed E-state index contributed by atoms with van der Waals surface area (Å²) in [4.78, 5) is 58.9. The molecule has 0 aliphatic carbocycles. The molecule has 0 heterocycles. The largest absolute Gasteiger partial charge is 0.480 e. The average Bonchev–Trinajstić information content (AvgIpc) is 2.63. The Bertz CT molecular complexity index is 628. The van der Waals surface area contributed by atoms with Gasteiger partial charge in [-0.25, -0.2) is 0 Å². The van der Waals surface area contributed by atoms with Gasteiger partial charge in [0.2, 0.25) is 23.6 Å². The van der Waals surface area contributed by atoms with Crippen molar-refractivity contribution < 1.29 is 34.2 Å². The maximum Gasteiger partial charge on any atom is 0.325 e. The summed E-state index contributed by atoms with van der Waals surface area (Å²) in [6.45, 7) is 2.86. The summed E-state index contributed by atoms with van der Waals surface area (Å²) < 4.78 is 0. The van der Waals surface area contributed by atoms with Crippen molar-refractivity contribution in [1.82, 2.24) is 16.0 Å². The molecular weight excluding hydrogens is 400 g/mol. The fourth-order valence-corrected chi connectivity index (χ4v) is 2.37. The molecule has 0 aliphatic heterocycles. The van der Waals surface area contributed by atoms with Crippen molar-refractivity contribution in [3.05, 3.63) is 0 Å². The standard InChI is InChI=1S/C17H32N6O7/c1-8(17(29)30)21-15(27)11(5-3-4-6-18)22-16(28)13(9(2)24)23-14(26)10(19)7-12(20)25/h8-11,13,24H,3-7,18-19H2,1-2H3,(H2,20,25)(H,21,27)(H,22,28)(H,23,26)(H,29,30). The zero-order valence-electron chi connectivity index (χ0n) is 17.1. The van der Waals surface area contributed by atoms with Crippen molar-refractivity contribution in [3.63, 3.8) is 0 Å². The Morgan fingerprint density at radius 1 is 0.933 bits per heavy atom. The quantitative estimate of drug-likeness (QED) is 0.126. The van der Waals surface area contributed by atoms with Crippen LogP contribution in [0.3, 0.4) is 0 Å². The van der Waals surface area contributed by atoms with Crippen molar-refractivity contribution in [2.45, 2.75) is 69.8 Å². The fraction of sp³-hybridized carbons (Fsp3) is 0.706. The van der Waals surface area contributed by atoms with Crippen LogP contribution in [-0.4, -0.2) is 76.6 Å². The van der Waals surface area contributed by atoms with Gasteiger partial charge in [0.1, 0.15) is 18.1 Å². The fourth-order valence-electron chi connectivity index (χ4n) is 2.37. The lowest BCUT2D eigenvalue weighted by Crippen LogP contribution is -2.59. The molecule has 0 aromatic carbocycles. The van der Waals surface area contributed by atoms with Gasteiger partial charge in [-0.05, 0) is 39.7 Å². The summed E-state index contributed by atoms with van der Waals surface area (Å²) in [7, 11) is 0. The van der Waals surface area contributed by atoms with Crippen LogP contribution < -0.4 is 33.2 Å². The SMILES string of the molecule is CC(NC(=O)C(CCCCN)NC(=O)C(NC(=O)C(N)CC(N)=O)C(C)O)C(=O)O. The van der Waals surface area contributed by atoms with E-state index in [1.165, 1.54) is 13.8 Å². The monoisotopic (exact) mass is 432 g/mol. The van der Waals surface area contributed by atoms with Crippen molar-refractivity contribution in [2.24, 2.45) is 17.2 Å². The molecule has 172 valence electrons. The Hall–Kier alpha value is -2.77. The minimum atomic E-state index is -1.47. The zero-order valence-corrected chi connectivity index (χ0v) is 17.1. The predicted octanol–water partition coefficient (Wildman–Crippen LogP) is -3.74. The van der Waals surface area contributed by atoms with E-state index >= 15 is 0 Å². The minimum Gasteiger partial charge on any atom is -0.480 e. The highest BCUT2D eigenvalue weighted by Crippen LogP contribution is 2.04. The van der Waals surface area contributed by atoms with Crippen LogP contribution in [0.2, 0.25) is 0 Å². The number of carboxylic acids is 1. The molecule has 0 aliphatic rings. The van der Waals surface area contributed by atoms with Gasteiger partial charge in [0.05, 0.1) is 18.6 Å². The van der Waals surface area contributed by atoms with E-state index in [1.54, 1.807) is 0 Å². The molecule has 0 spiro atoms. The van der Waals surface area contributed by atoms with Crippen molar-refractivity contribution in [3.8, 4) is 0 Å². The smallest absolute Gasteiger partial charge is 0.325 e. The third kappa shape index (κ3) is 10.1. The van der Waals surface area contributed by atoms with Crippen LogP contribution >= 0.6 is 0 Å². The van der Waals surface area contributed by atoms with Gasteiger partial charge in [0, 0.05) is 0 Å². The second-order valence-corrected chi connectivity index (χ2v) is 6.92. The highest BCUT2D eigenvalue weighted by atomic mass is 16.4. The summed E-state index contributed by atoms with van der Waals surface area (Å²) >= 11 is 0. The first kappa shape index (κ1) is 27.2. The van der Waals surface area contributed by atoms with Gasteiger partial charge < -0.3 is 43.4 Å². The molecule has 0 aromatic rings. The Kier molecular flexibility index (Phi) is 12.2. The van der Waals surface area contributed by atoms with Gasteiger partial charge in [0.25, 0.3) is 0 Å². The second-order valence-electron chi connectivity index (χ2n) is 6.92. The summed E-state index contributed by atoms with van der Waals surface area (Å²) in [6.07, 6.45) is -0.640. The molecule has 30 heavy (non-hydrogen) atoms. The van der Waals surface area contributed by atoms with Crippen molar-refractivity contribution in [1.29, 1.82) is 0 Å². The number of nitrogens with two attached hydrogens (primary N) is 3. The third-order valence-electron chi connectivity index (χ3n) is 4.13. The van der Waals surface area contributed by atoms with E-state index in [0.717, 1.165) is 0 Å². The molecule has 0 aromatic heterocycles. The first-order valence-corrected chi connectivity index (χ1v) is 9.46. The lowest BCUT2D eigenvalue weighted by Gasteiger charge is -2.26. The van der Waals surface area contributed by atoms with Gasteiger partial charge >= 0.3 is 5.97 Å². The van der Waals surface area contributed by atoms with Gasteiger partial charge in [-0.1, -0.05) is 0 Å². The molecule has 0 fully saturated rings. The number of aliphatic hydroxyl groups is 1. The minimum absolute atomic E-state index is 0.156.